The Morgan fingerprint density at radius 1 is 1.04 bits per heavy atom. The molecule has 0 fully saturated rings. The number of ether oxygens (including phenoxy) is 1. The minimum Gasteiger partial charge on any atom is -0.449 e. The Kier molecular flexibility index (Phi) is 2.90. The molecule has 0 amide bonds. The zero-order chi connectivity index (χ0) is 18.0. The van der Waals surface area contributed by atoms with Gasteiger partial charge < -0.3 is 4.74 Å². The zero-order valence-electron chi connectivity index (χ0n) is 14.9. The lowest BCUT2D eigenvalue weighted by molar-refractivity contribution is -0.659. The molecule has 4 aromatic rings. The van der Waals surface area contributed by atoms with Crippen molar-refractivity contribution in [1.29, 1.82) is 0 Å². The predicted octanol–water partition coefficient (Wildman–Crippen LogP) is 5.76. The minimum absolute atomic E-state index is 0.627. The van der Waals surface area contributed by atoms with Gasteiger partial charge in [-0.2, -0.15) is 4.57 Å². The number of aromatic nitrogens is 1. The van der Waals surface area contributed by atoms with Gasteiger partial charge in [-0.25, -0.2) is 4.85 Å². The second kappa shape index (κ2) is 5.06. The van der Waals surface area contributed by atoms with Gasteiger partial charge in [-0.05, 0) is 42.5 Å². The van der Waals surface area contributed by atoms with Crippen molar-refractivity contribution in [2.24, 2.45) is 7.05 Å². The van der Waals surface area contributed by atoms with Crippen LogP contribution in [-0.2, 0) is 7.05 Å². The van der Waals surface area contributed by atoms with Crippen LogP contribution in [0.25, 0.3) is 37.6 Å². The minimum atomic E-state index is 0.627. The summed E-state index contributed by atoms with van der Waals surface area (Å²) >= 11 is 0. The van der Waals surface area contributed by atoms with E-state index in [0.29, 0.717) is 5.69 Å². The fourth-order valence-corrected chi connectivity index (χ4v) is 4.03. The van der Waals surface area contributed by atoms with Crippen LogP contribution in [0.3, 0.4) is 0 Å². The molecule has 26 heavy (non-hydrogen) atoms. The van der Waals surface area contributed by atoms with Gasteiger partial charge >= 0.3 is 0 Å². The fourth-order valence-electron chi connectivity index (χ4n) is 4.03. The van der Waals surface area contributed by atoms with Crippen LogP contribution < -0.4 is 9.30 Å². The van der Waals surface area contributed by atoms with Crippen LogP contribution in [0.1, 0.15) is 11.1 Å². The molecule has 1 aliphatic rings. The van der Waals surface area contributed by atoms with Crippen molar-refractivity contribution in [2.75, 3.05) is 0 Å². The Hall–Kier alpha value is -3.38. The van der Waals surface area contributed by atoms with Crippen LogP contribution >= 0.6 is 0 Å². The highest BCUT2D eigenvalue weighted by Crippen LogP contribution is 2.49. The first-order valence-corrected chi connectivity index (χ1v) is 8.63. The third-order valence-electron chi connectivity index (χ3n) is 5.41. The van der Waals surface area contributed by atoms with Gasteiger partial charge in [0, 0.05) is 16.2 Å². The molecule has 0 saturated carbocycles. The number of aryl methyl sites for hydroxylation is 2. The molecule has 0 atom stereocenters. The molecular weight excluding hydrogens is 320 g/mol. The number of rotatable bonds is 0. The second-order valence-corrected chi connectivity index (χ2v) is 6.95. The third-order valence-corrected chi connectivity index (χ3v) is 5.41. The SMILES string of the molecule is [C-]#[N+]c1ccc2c[n+](C)c3c(c2c1)Oc1cccc2cc(C)c(C)c-3c12. The van der Waals surface area contributed by atoms with Crippen LogP contribution in [0.15, 0.2) is 48.7 Å². The van der Waals surface area contributed by atoms with Crippen molar-refractivity contribution in [2.45, 2.75) is 13.8 Å². The van der Waals surface area contributed by atoms with Gasteiger partial charge in [-0.15, -0.1) is 0 Å². The standard InChI is InChI=1S/C23H17N2O/c1-13-10-15-6-5-7-19-21(15)20(14(13)2)22-23(26-19)18-11-17(24-3)9-8-16(18)12-25(22)4/h5-12H,1-2,4H3/q+1. The molecule has 0 unspecified atom stereocenters. The van der Waals surface area contributed by atoms with E-state index in [2.05, 4.69) is 48.6 Å². The number of fused-ring (bicyclic) bond motifs is 4. The Morgan fingerprint density at radius 2 is 1.88 bits per heavy atom. The summed E-state index contributed by atoms with van der Waals surface area (Å²) in [4.78, 5) is 3.59. The summed E-state index contributed by atoms with van der Waals surface area (Å²) in [7, 11) is 2.06. The Morgan fingerprint density at radius 3 is 2.69 bits per heavy atom. The molecule has 5 rings (SSSR count). The van der Waals surface area contributed by atoms with Gasteiger partial charge in [-0.3, -0.25) is 0 Å². The lowest BCUT2D eigenvalue weighted by Crippen LogP contribution is -2.32. The smallest absolute Gasteiger partial charge is 0.256 e. The molecule has 0 bridgehead atoms. The van der Waals surface area contributed by atoms with E-state index >= 15 is 0 Å². The lowest BCUT2D eigenvalue weighted by atomic mass is 9.90. The summed E-state index contributed by atoms with van der Waals surface area (Å²) in [6.45, 7) is 11.7. The molecule has 3 nitrogen and oxygen atoms in total. The molecule has 0 aliphatic carbocycles. The number of nitrogens with zero attached hydrogens (tertiary/aromatic N) is 2. The first kappa shape index (κ1) is 14.9. The van der Waals surface area contributed by atoms with E-state index in [9.17, 15) is 0 Å². The predicted molar refractivity (Wildman–Crippen MR) is 104 cm³/mol. The van der Waals surface area contributed by atoms with Crippen molar-refractivity contribution >= 4 is 27.2 Å². The molecule has 1 aliphatic heterocycles. The zero-order valence-corrected chi connectivity index (χ0v) is 14.9. The van der Waals surface area contributed by atoms with Crippen LogP contribution in [0.2, 0.25) is 0 Å². The number of hydrogen-bond acceptors (Lipinski definition) is 1. The summed E-state index contributed by atoms with van der Waals surface area (Å²) in [5.74, 6) is 1.72. The highest BCUT2D eigenvalue weighted by Gasteiger charge is 2.31. The largest absolute Gasteiger partial charge is 0.449 e. The van der Waals surface area contributed by atoms with Gasteiger partial charge in [0.1, 0.15) is 12.8 Å². The monoisotopic (exact) mass is 337 g/mol. The molecule has 1 aromatic heterocycles. The van der Waals surface area contributed by atoms with E-state index in [1.54, 1.807) is 0 Å². The van der Waals surface area contributed by atoms with E-state index < -0.39 is 0 Å². The van der Waals surface area contributed by atoms with Crippen molar-refractivity contribution < 1.29 is 9.30 Å². The van der Waals surface area contributed by atoms with Crippen LogP contribution in [0.5, 0.6) is 11.5 Å². The van der Waals surface area contributed by atoms with Crippen molar-refractivity contribution in [3.05, 3.63) is 71.2 Å². The Labute approximate surface area is 151 Å². The average Bonchev–Trinajstić information content (AvgIpc) is 2.65. The number of benzene rings is 3. The maximum atomic E-state index is 7.35. The molecule has 3 heteroatoms. The quantitative estimate of drug-likeness (QED) is 0.259. The van der Waals surface area contributed by atoms with Gasteiger partial charge in [0.25, 0.3) is 5.69 Å². The van der Waals surface area contributed by atoms with Crippen LogP contribution in [-0.4, -0.2) is 0 Å². The van der Waals surface area contributed by atoms with Crippen molar-refractivity contribution in [3.8, 4) is 22.8 Å². The number of pyridine rings is 1. The average molecular weight is 337 g/mol. The maximum absolute atomic E-state index is 7.35. The first-order chi connectivity index (χ1) is 12.6. The summed E-state index contributed by atoms with van der Waals surface area (Å²) in [5.41, 5.74) is 5.47. The Balaban J connectivity index is 2.02. The maximum Gasteiger partial charge on any atom is 0.256 e. The molecule has 0 N–H and O–H groups in total. The lowest BCUT2D eigenvalue weighted by Gasteiger charge is -2.22. The van der Waals surface area contributed by atoms with E-state index in [-0.39, 0.29) is 0 Å². The van der Waals surface area contributed by atoms with Gasteiger partial charge in [0.15, 0.2) is 11.9 Å². The molecular formula is C23H17N2O+. The van der Waals surface area contributed by atoms with E-state index in [1.165, 1.54) is 27.5 Å². The molecule has 124 valence electrons. The van der Waals surface area contributed by atoms with E-state index in [0.717, 1.165) is 28.0 Å². The molecule has 3 aromatic carbocycles. The highest BCUT2D eigenvalue weighted by atomic mass is 16.5. The normalized spacial score (nSPS) is 11.9. The third kappa shape index (κ3) is 1.84. The highest BCUT2D eigenvalue weighted by molar-refractivity contribution is 6.07. The van der Waals surface area contributed by atoms with Gasteiger partial charge in [0.05, 0.1) is 12.1 Å². The van der Waals surface area contributed by atoms with Crippen LogP contribution in [0.4, 0.5) is 5.69 Å². The molecule has 0 saturated heterocycles. The van der Waals surface area contributed by atoms with E-state index in [4.69, 9.17) is 11.3 Å². The first-order valence-electron chi connectivity index (χ1n) is 8.63. The fraction of sp³-hybridized carbons (Fsp3) is 0.130. The van der Waals surface area contributed by atoms with Crippen molar-refractivity contribution in [3.63, 3.8) is 0 Å². The van der Waals surface area contributed by atoms with E-state index in [1.807, 2.05) is 30.3 Å². The van der Waals surface area contributed by atoms with Crippen molar-refractivity contribution in [1.82, 2.24) is 0 Å². The van der Waals surface area contributed by atoms with Gasteiger partial charge in [0.2, 0.25) is 5.75 Å². The summed E-state index contributed by atoms with van der Waals surface area (Å²) < 4.78 is 8.56. The molecule has 0 radical (unpaired) electrons. The topological polar surface area (TPSA) is 17.5 Å². The molecule has 0 spiro atoms. The molecule has 2 heterocycles. The Bertz CT molecular complexity index is 1300. The summed E-state index contributed by atoms with van der Waals surface area (Å²) in [6, 6.07) is 14.2. The second-order valence-electron chi connectivity index (χ2n) is 6.95. The number of hydrogen-bond donors (Lipinski definition) is 0. The summed E-state index contributed by atoms with van der Waals surface area (Å²) in [6.07, 6.45) is 2.12. The van der Waals surface area contributed by atoms with Crippen LogP contribution in [0, 0.1) is 20.4 Å². The van der Waals surface area contributed by atoms with Gasteiger partial charge in [-0.1, -0.05) is 30.3 Å². The summed E-state index contributed by atoms with van der Waals surface area (Å²) in [5, 5.41) is 4.41.